The SMILES string of the molecule is CCn1cc(-c2ccc3c(-c4cccc(C#N)c4)cnn3c2)cn1. The third kappa shape index (κ3) is 2.34. The zero-order valence-corrected chi connectivity index (χ0v) is 13.2. The summed E-state index contributed by atoms with van der Waals surface area (Å²) in [6.45, 7) is 2.92. The third-order valence-corrected chi connectivity index (χ3v) is 4.11. The number of benzene rings is 1. The summed E-state index contributed by atoms with van der Waals surface area (Å²) in [5, 5.41) is 17.9. The number of nitriles is 1. The Morgan fingerprint density at radius 3 is 2.71 bits per heavy atom. The predicted molar refractivity (Wildman–Crippen MR) is 92.2 cm³/mol. The van der Waals surface area contributed by atoms with Crippen LogP contribution in [0, 0.1) is 11.3 Å². The average molecular weight is 313 g/mol. The average Bonchev–Trinajstić information content (AvgIpc) is 3.28. The first kappa shape index (κ1) is 14.2. The quantitative estimate of drug-likeness (QED) is 0.578. The number of fused-ring (bicyclic) bond motifs is 1. The van der Waals surface area contributed by atoms with E-state index in [1.807, 2.05) is 52.2 Å². The van der Waals surface area contributed by atoms with Crippen molar-refractivity contribution in [2.75, 3.05) is 0 Å². The van der Waals surface area contributed by atoms with Crippen LogP contribution in [-0.4, -0.2) is 19.4 Å². The zero-order chi connectivity index (χ0) is 16.5. The smallest absolute Gasteiger partial charge is 0.0991 e. The van der Waals surface area contributed by atoms with Crippen molar-refractivity contribution in [3.8, 4) is 28.3 Å². The Morgan fingerprint density at radius 1 is 1.00 bits per heavy atom. The molecule has 0 unspecified atom stereocenters. The van der Waals surface area contributed by atoms with Crippen molar-refractivity contribution in [2.24, 2.45) is 0 Å². The van der Waals surface area contributed by atoms with Crippen LogP contribution in [-0.2, 0) is 6.54 Å². The molecule has 5 nitrogen and oxygen atoms in total. The van der Waals surface area contributed by atoms with Crippen LogP contribution in [0.2, 0.25) is 0 Å². The second-order valence-corrected chi connectivity index (χ2v) is 5.58. The van der Waals surface area contributed by atoms with E-state index < -0.39 is 0 Å². The molecule has 0 N–H and O–H groups in total. The lowest BCUT2D eigenvalue weighted by Crippen LogP contribution is -1.92. The van der Waals surface area contributed by atoms with Gasteiger partial charge in [0.1, 0.15) is 0 Å². The lowest BCUT2D eigenvalue weighted by Gasteiger charge is -2.02. The van der Waals surface area contributed by atoms with Crippen LogP contribution in [0.1, 0.15) is 12.5 Å². The lowest BCUT2D eigenvalue weighted by atomic mass is 10.0. The molecule has 0 radical (unpaired) electrons. The molecular weight excluding hydrogens is 298 g/mol. The standard InChI is InChI=1S/C19H15N5/c1-2-23-12-17(10-21-23)16-6-7-19-18(11-22-24(19)13-16)15-5-3-4-14(8-15)9-20/h3-8,10-13H,2H2,1H3. The van der Waals surface area contributed by atoms with E-state index in [2.05, 4.69) is 35.3 Å². The van der Waals surface area contributed by atoms with Gasteiger partial charge in [-0.2, -0.15) is 15.5 Å². The molecule has 116 valence electrons. The fourth-order valence-corrected chi connectivity index (χ4v) is 2.82. The predicted octanol–water partition coefficient (Wildman–Crippen LogP) is 3.76. The molecule has 3 aromatic heterocycles. The summed E-state index contributed by atoms with van der Waals surface area (Å²) in [6.07, 6.45) is 7.74. The number of aryl methyl sites for hydroxylation is 1. The minimum Gasteiger partial charge on any atom is -0.272 e. The number of pyridine rings is 1. The van der Waals surface area contributed by atoms with Crippen molar-refractivity contribution >= 4 is 5.52 Å². The first-order valence-electron chi connectivity index (χ1n) is 7.79. The van der Waals surface area contributed by atoms with Crippen LogP contribution in [0.3, 0.4) is 0 Å². The summed E-state index contributed by atoms with van der Waals surface area (Å²) < 4.78 is 3.77. The van der Waals surface area contributed by atoms with Gasteiger partial charge in [-0.1, -0.05) is 18.2 Å². The van der Waals surface area contributed by atoms with Gasteiger partial charge in [-0.3, -0.25) is 4.68 Å². The van der Waals surface area contributed by atoms with Crippen molar-refractivity contribution in [3.63, 3.8) is 0 Å². The molecule has 0 atom stereocenters. The monoisotopic (exact) mass is 313 g/mol. The van der Waals surface area contributed by atoms with Gasteiger partial charge in [0.05, 0.1) is 29.5 Å². The molecule has 0 amide bonds. The van der Waals surface area contributed by atoms with Crippen molar-refractivity contribution in [1.82, 2.24) is 19.4 Å². The third-order valence-electron chi connectivity index (χ3n) is 4.11. The molecule has 24 heavy (non-hydrogen) atoms. The van der Waals surface area contributed by atoms with Crippen LogP contribution < -0.4 is 0 Å². The van der Waals surface area contributed by atoms with Gasteiger partial charge < -0.3 is 0 Å². The van der Waals surface area contributed by atoms with Crippen molar-refractivity contribution in [1.29, 1.82) is 5.26 Å². The topological polar surface area (TPSA) is 58.9 Å². The van der Waals surface area contributed by atoms with Crippen molar-refractivity contribution in [3.05, 3.63) is 66.7 Å². The van der Waals surface area contributed by atoms with Gasteiger partial charge in [0.25, 0.3) is 0 Å². The summed E-state index contributed by atoms with van der Waals surface area (Å²) >= 11 is 0. The highest BCUT2D eigenvalue weighted by atomic mass is 15.3. The largest absolute Gasteiger partial charge is 0.272 e. The van der Waals surface area contributed by atoms with E-state index in [0.717, 1.165) is 34.3 Å². The van der Waals surface area contributed by atoms with E-state index in [4.69, 9.17) is 5.26 Å². The Balaban J connectivity index is 1.79. The number of hydrogen-bond donors (Lipinski definition) is 0. The van der Waals surface area contributed by atoms with Crippen molar-refractivity contribution in [2.45, 2.75) is 13.5 Å². The molecule has 1 aromatic carbocycles. The van der Waals surface area contributed by atoms with E-state index >= 15 is 0 Å². The fourth-order valence-electron chi connectivity index (χ4n) is 2.82. The maximum absolute atomic E-state index is 9.08. The minimum atomic E-state index is 0.649. The van der Waals surface area contributed by atoms with E-state index in [9.17, 15) is 0 Å². The summed E-state index contributed by atoms with van der Waals surface area (Å²) in [6, 6.07) is 13.9. The molecule has 5 heteroatoms. The van der Waals surface area contributed by atoms with Crippen LogP contribution in [0.25, 0.3) is 27.8 Å². The molecule has 0 aliphatic carbocycles. The highest BCUT2D eigenvalue weighted by Gasteiger charge is 2.09. The molecule has 0 bridgehead atoms. The first-order chi connectivity index (χ1) is 11.8. The Labute approximate surface area is 139 Å². The Hall–Kier alpha value is -3.39. The van der Waals surface area contributed by atoms with Crippen LogP contribution >= 0.6 is 0 Å². The number of hydrogen-bond acceptors (Lipinski definition) is 3. The van der Waals surface area contributed by atoms with Gasteiger partial charge in [0, 0.05) is 35.6 Å². The first-order valence-corrected chi connectivity index (χ1v) is 7.79. The number of rotatable bonds is 3. The fraction of sp³-hybridized carbons (Fsp3) is 0.105. The Morgan fingerprint density at radius 2 is 1.92 bits per heavy atom. The van der Waals surface area contributed by atoms with E-state index in [1.54, 1.807) is 6.07 Å². The maximum atomic E-state index is 9.08. The second-order valence-electron chi connectivity index (χ2n) is 5.58. The summed E-state index contributed by atoms with van der Waals surface area (Å²) in [4.78, 5) is 0. The molecular formula is C19H15N5. The normalized spacial score (nSPS) is 10.8. The van der Waals surface area contributed by atoms with E-state index in [0.29, 0.717) is 5.56 Å². The maximum Gasteiger partial charge on any atom is 0.0991 e. The zero-order valence-electron chi connectivity index (χ0n) is 13.2. The van der Waals surface area contributed by atoms with Gasteiger partial charge >= 0.3 is 0 Å². The molecule has 0 aliphatic rings. The molecule has 4 rings (SSSR count). The molecule has 0 spiro atoms. The van der Waals surface area contributed by atoms with Crippen molar-refractivity contribution < 1.29 is 0 Å². The van der Waals surface area contributed by atoms with Crippen LogP contribution in [0.5, 0.6) is 0 Å². The van der Waals surface area contributed by atoms with E-state index in [-0.39, 0.29) is 0 Å². The van der Waals surface area contributed by atoms with Gasteiger partial charge in [-0.05, 0) is 30.7 Å². The van der Waals surface area contributed by atoms with Gasteiger partial charge in [-0.15, -0.1) is 0 Å². The highest BCUT2D eigenvalue weighted by Crippen LogP contribution is 2.27. The molecule has 4 aromatic rings. The summed E-state index contributed by atoms with van der Waals surface area (Å²) in [5.74, 6) is 0. The Bertz CT molecular complexity index is 1060. The minimum absolute atomic E-state index is 0.649. The lowest BCUT2D eigenvalue weighted by molar-refractivity contribution is 0.660. The number of nitrogens with zero attached hydrogens (tertiary/aromatic N) is 5. The molecule has 0 aliphatic heterocycles. The molecule has 0 fully saturated rings. The summed E-state index contributed by atoms with van der Waals surface area (Å²) in [7, 11) is 0. The summed E-state index contributed by atoms with van der Waals surface area (Å²) in [5.41, 5.74) is 5.82. The number of aromatic nitrogens is 4. The second kappa shape index (κ2) is 5.67. The van der Waals surface area contributed by atoms with Crippen LogP contribution in [0.15, 0.2) is 61.2 Å². The molecule has 3 heterocycles. The van der Waals surface area contributed by atoms with Gasteiger partial charge in [-0.25, -0.2) is 4.52 Å². The molecule has 0 saturated heterocycles. The molecule has 0 saturated carbocycles. The van der Waals surface area contributed by atoms with Gasteiger partial charge in [0.15, 0.2) is 0 Å². The highest BCUT2D eigenvalue weighted by molar-refractivity contribution is 5.81. The van der Waals surface area contributed by atoms with Gasteiger partial charge in [0.2, 0.25) is 0 Å². The Kier molecular flexibility index (Phi) is 3.36. The van der Waals surface area contributed by atoms with E-state index in [1.165, 1.54) is 0 Å². The van der Waals surface area contributed by atoms with Crippen LogP contribution in [0.4, 0.5) is 0 Å².